The Bertz CT molecular complexity index is 839. The van der Waals surface area contributed by atoms with Crippen LogP contribution in [0, 0.1) is 0 Å². The number of carbonyl (C=O) groups excluding carboxylic acids is 3. The van der Waals surface area contributed by atoms with Gasteiger partial charge >= 0.3 is 17.9 Å². The standard InChI is InChI=1S/C22H23NO6/c1-27-21(25)19-13-23(19)18(22(26)29-15-17-10-6-3-7-11-17)12-20(24)28-14-16-8-4-2-5-9-16/h2-11,18-19H,12-15H2,1H3/t18-,19?,23?/m0/s1. The van der Waals surface area contributed by atoms with Gasteiger partial charge in [0, 0.05) is 6.54 Å². The summed E-state index contributed by atoms with van der Waals surface area (Å²) < 4.78 is 15.4. The minimum absolute atomic E-state index is 0.0893. The summed E-state index contributed by atoms with van der Waals surface area (Å²) in [7, 11) is 1.29. The van der Waals surface area contributed by atoms with Gasteiger partial charge in [-0.05, 0) is 11.1 Å². The molecule has 0 saturated carbocycles. The minimum Gasteiger partial charge on any atom is -0.468 e. The number of methoxy groups -OCH3 is 1. The highest BCUT2D eigenvalue weighted by molar-refractivity contribution is 5.86. The highest BCUT2D eigenvalue weighted by Gasteiger charge is 2.49. The van der Waals surface area contributed by atoms with Crippen molar-refractivity contribution < 1.29 is 28.6 Å². The van der Waals surface area contributed by atoms with Crippen LogP contribution >= 0.6 is 0 Å². The molecule has 0 spiro atoms. The van der Waals surface area contributed by atoms with Gasteiger partial charge in [-0.1, -0.05) is 60.7 Å². The van der Waals surface area contributed by atoms with Crippen molar-refractivity contribution in [2.45, 2.75) is 31.7 Å². The molecule has 1 aliphatic rings. The lowest BCUT2D eigenvalue weighted by atomic mass is 10.2. The average molecular weight is 397 g/mol. The van der Waals surface area contributed by atoms with E-state index in [0.717, 1.165) is 11.1 Å². The molecular weight excluding hydrogens is 374 g/mol. The van der Waals surface area contributed by atoms with Gasteiger partial charge in [-0.2, -0.15) is 0 Å². The number of benzene rings is 2. The lowest BCUT2D eigenvalue weighted by molar-refractivity contribution is -0.156. The molecule has 0 radical (unpaired) electrons. The summed E-state index contributed by atoms with van der Waals surface area (Å²) in [5.41, 5.74) is 1.68. The van der Waals surface area contributed by atoms with Crippen LogP contribution in [-0.2, 0) is 41.8 Å². The fraction of sp³-hybridized carbons (Fsp3) is 0.318. The van der Waals surface area contributed by atoms with Crippen molar-refractivity contribution in [3.63, 3.8) is 0 Å². The summed E-state index contributed by atoms with van der Waals surface area (Å²) in [5.74, 6) is -1.55. The molecule has 0 N–H and O–H groups in total. The molecule has 3 atom stereocenters. The van der Waals surface area contributed by atoms with Crippen molar-refractivity contribution in [1.29, 1.82) is 0 Å². The largest absolute Gasteiger partial charge is 0.468 e. The first-order valence-electron chi connectivity index (χ1n) is 9.32. The van der Waals surface area contributed by atoms with Crippen LogP contribution in [0.3, 0.4) is 0 Å². The first-order chi connectivity index (χ1) is 14.1. The van der Waals surface area contributed by atoms with Crippen LogP contribution in [-0.4, -0.2) is 48.5 Å². The van der Waals surface area contributed by atoms with E-state index in [4.69, 9.17) is 14.2 Å². The van der Waals surface area contributed by atoms with E-state index in [9.17, 15) is 14.4 Å². The van der Waals surface area contributed by atoms with Crippen LogP contribution < -0.4 is 0 Å². The Morgan fingerprint density at radius 3 is 2.03 bits per heavy atom. The molecule has 7 nitrogen and oxygen atoms in total. The summed E-state index contributed by atoms with van der Waals surface area (Å²) >= 11 is 0. The van der Waals surface area contributed by atoms with E-state index in [1.807, 2.05) is 60.7 Å². The molecule has 2 unspecified atom stereocenters. The SMILES string of the molecule is COC(=O)C1CN1[C@@H](CC(=O)OCc1ccccc1)C(=O)OCc1ccccc1. The molecule has 152 valence electrons. The predicted molar refractivity (Wildman–Crippen MR) is 103 cm³/mol. The van der Waals surface area contributed by atoms with Crippen molar-refractivity contribution in [1.82, 2.24) is 4.90 Å². The third kappa shape index (κ3) is 5.89. The second-order valence-electron chi connectivity index (χ2n) is 6.70. The van der Waals surface area contributed by atoms with Crippen LogP contribution in [0.15, 0.2) is 60.7 Å². The highest BCUT2D eigenvalue weighted by atomic mass is 16.5. The summed E-state index contributed by atoms with van der Waals surface area (Å²) in [6, 6.07) is 17.1. The van der Waals surface area contributed by atoms with Gasteiger partial charge in [0.15, 0.2) is 0 Å². The monoisotopic (exact) mass is 397 g/mol. The number of carbonyl (C=O) groups is 3. The highest BCUT2D eigenvalue weighted by Crippen LogP contribution is 2.26. The topological polar surface area (TPSA) is 81.9 Å². The quantitative estimate of drug-likeness (QED) is 0.364. The van der Waals surface area contributed by atoms with Crippen molar-refractivity contribution in [2.24, 2.45) is 0 Å². The molecule has 7 heteroatoms. The van der Waals surface area contributed by atoms with Crippen molar-refractivity contribution in [3.8, 4) is 0 Å². The number of esters is 3. The smallest absolute Gasteiger partial charge is 0.324 e. The van der Waals surface area contributed by atoms with Gasteiger partial charge in [-0.25, -0.2) is 0 Å². The molecule has 1 aliphatic heterocycles. The zero-order chi connectivity index (χ0) is 20.6. The van der Waals surface area contributed by atoms with Gasteiger partial charge in [0.25, 0.3) is 0 Å². The van der Waals surface area contributed by atoms with Crippen LogP contribution in [0.5, 0.6) is 0 Å². The second kappa shape index (κ2) is 9.84. The maximum absolute atomic E-state index is 12.6. The zero-order valence-corrected chi connectivity index (χ0v) is 16.2. The molecule has 29 heavy (non-hydrogen) atoms. The summed E-state index contributed by atoms with van der Waals surface area (Å²) in [4.78, 5) is 38.3. The van der Waals surface area contributed by atoms with Crippen LogP contribution in [0.4, 0.5) is 0 Å². The Morgan fingerprint density at radius 1 is 0.931 bits per heavy atom. The number of hydrogen-bond acceptors (Lipinski definition) is 7. The second-order valence-corrected chi connectivity index (χ2v) is 6.70. The normalized spacial score (nSPS) is 18.4. The molecule has 1 heterocycles. The van der Waals surface area contributed by atoms with Crippen molar-refractivity contribution in [3.05, 3.63) is 71.8 Å². The minimum atomic E-state index is -0.897. The molecule has 2 aromatic carbocycles. The van der Waals surface area contributed by atoms with E-state index in [2.05, 4.69) is 0 Å². The molecule has 1 fully saturated rings. The lowest BCUT2D eigenvalue weighted by Gasteiger charge is -2.17. The summed E-state index contributed by atoms with van der Waals surface area (Å²) in [6.07, 6.45) is -0.200. The summed E-state index contributed by atoms with van der Waals surface area (Å²) in [6.45, 7) is 0.543. The van der Waals surface area contributed by atoms with E-state index in [1.165, 1.54) is 7.11 Å². The Labute approximate surface area is 169 Å². The molecule has 0 bridgehead atoms. The number of rotatable bonds is 9. The van der Waals surface area contributed by atoms with Gasteiger partial charge in [-0.3, -0.25) is 19.3 Å². The molecule has 0 aliphatic carbocycles. The number of ether oxygens (including phenoxy) is 3. The van der Waals surface area contributed by atoms with Gasteiger partial charge in [0.05, 0.1) is 13.5 Å². The van der Waals surface area contributed by atoms with E-state index in [-0.39, 0.29) is 19.6 Å². The molecule has 3 rings (SSSR count). The van der Waals surface area contributed by atoms with Crippen LogP contribution in [0.25, 0.3) is 0 Å². The summed E-state index contributed by atoms with van der Waals surface area (Å²) in [5, 5.41) is 0. The van der Waals surface area contributed by atoms with Gasteiger partial charge in [0.2, 0.25) is 0 Å². The van der Waals surface area contributed by atoms with Gasteiger partial charge in [0.1, 0.15) is 25.3 Å². The Morgan fingerprint density at radius 2 is 1.48 bits per heavy atom. The Hall–Kier alpha value is -3.19. The number of hydrogen-bond donors (Lipinski definition) is 0. The molecule has 1 saturated heterocycles. The average Bonchev–Trinajstić information content (AvgIpc) is 3.56. The van der Waals surface area contributed by atoms with Crippen molar-refractivity contribution >= 4 is 17.9 Å². The molecular formula is C22H23NO6. The fourth-order valence-corrected chi connectivity index (χ4v) is 2.96. The van der Waals surface area contributed by atoms with Gasteiger partial charge < -0.3 is 14.2 Å². The van der Waals surface area contributed by atoms with Crippen LogP contribution in [0.1, 0.15) is 17.5 Å². The number of nitrogens with zero attached hydrogens (tertiary/aromatic N) is 1. The first-order valence-corrected chi connectivity index (χ1v) is 9.32. The Balaban J connectivity index is 1.59. The zero-order valence-electron chi connectivity index (χ0n) is 16.2. The Kier molecular flexibility index (Phi) is 6.97. The predicted octanol–water partition coefficient (Wildman–Crippen LogP) is 2.09. The lowest BCUT2D eigenvalue weighted by Crippen LogP contribution is -2.36. The van der Waals surface area contributed by atoms with E-state index in [1.54, 1.807) is 4.90 Å². The maximum Gasteiger partial charge on any atom is 0.324 e. The van der Waals surface area contributed by atoms with Crippen molar-refractivity contribution in [2.75, 3.05) is 13.7 Å². The first kappa shape index (κ1) is 20.5. The third-order valence-corrected chi connectivity index (χ3v) is 4.62. The third-order valence-electron chi connectivity index (χ3n) is 4.62. The molecule has 0 aromatic heterocycles. The van der Waals surface area contributed by atoms with Gasteiger partial charge in [-0.15, -0.1) is 0 Å². The fourth-order valence-electron chi connectivity index (χ4n) is 2.96. The molecule has 0 amide bonds. The van der Waals surface area contributed by atoms with E-state index in [0.29, 0.717) is 6.54 Å². The maximum atomic E-state index is 12.6. The van der Waals surface area contributed by atoms with E-state index < -0.39 is 30.0 Å². The van der Waals surface area contributed by atoms with E-state index >= 15 is 0 Å². The van der Waals surface area contributed by atoms with Crippen LogP contribution in [0.2, 0.25) is 0 Å². The molecule has 2 aromatic rings.